The van der Waals surface area contributed by atoms with Crippen LogP contribution in [0.3, 0.4) is 0 Å². The maximum absolute atomic E-state index is 12.5. The van der Waals surface area contributed by atoms with Crippen molar-refractivity contribution in [1.29, 1.82) is 0 Å². The van der Waals surface area contributed by atoms with Crippen LogP contribution in [0.4, 0.5) is 8.78 Å². The van der Waals surface area contributed by atoms with Gasteiger partial charge in [0.25, 0.3) is 0 Å². The molecule has 0 N–H and O–H groups in total. The normalized spacial score (nSPS) is 13.8. The molecule has 0 aromatic rings. The molecule has 0 atom stereocenters. The summed E-state index contributed by atoms with van der Waals surface area (Å²) < 4.78 is 24.9. The lowest BCUT2D eigenvalue weighted by Gasteiger charge is -1.90. The summed E-state index contributed by atoms with van der Waals surface area (Å²) in [6, 6.07) is 0. The Balaban J connectivity index is 3.93. The van der Waals surface area contributed by atoms with Crippen LogP contribution in [-0.4, -0.2) is 0 Å². The quantitative estimate of drug-likeness (QED) is 0.547. The van der Waals surface area contributed by atoms with Crippen molar-refractivity contribution in [2.45, 2.75) is 33.1 Å². The molecule has 0 amide bonds. The predicted octanol–water partition coefficient (Wildman–Crippen LogP) is 3.90. The van der Waals surface area contributed by atoms with Crippen LogP contribution in [0.1, 0.15) is 33.1 Å². The fourth-order valence-corrected chi connectivity index (χ4v) is 0.613. The van der Waals surface area contributed by atoms with Gasteiger partial charge in [0.05, 0.1) is 0 Å². The first-order chi connectivity index (χ1) is 5.22. The first-order valence-electron chi connectivity index (χ1n) is 3.93. The second kappa shape index (κ2) is 6.08. The number of unbranched alkanes of at least 4 members (excludes halogenated alkanes) is 1. The van der Waals surface area contributed by atoms with Gasteiger partial charge < -0.3 is 0 Å². The number of halogens is 2. The average molecular weight is 160 g/mol. The second-order valence-electron chi connectivity index (χ2n) is 2.30. The SMILES string of the molecule is CCC/C=C\C(F)=C(\F)CC. The fourth-order valence-electron chi connectivity index (χ4n) is 0.613. The maximum atomic E-state index is 12.5. The van der Waals surface area contributed by atoms with E-state index < -0.39 is 11.7 Å². The van der Waals surface area contributed by atoms with Crippen molar-refractivity contribution in [3.63, 3.8) is 0 Å². The van der Waals surface area contributed by atoms with Gasteiger partial charge in [0.2, 0.25) is 0 Å². The summed E-state index contributed by atoms with van der Waals surface area (Å²) in [6.45, 7) is 3.57. The van der Waals surface area contributed by atoms with Crippen LogP contribution in [0.5, 0.6) is 0 Å². The van der Waals surface area contributed by atoms with E-state index in [1.165, 1.54) is 6.08 Å². The molecular formula is C9H14F2. The summed E-state index contributed by atoms with van der Waals surface area (Å²) in [6.07, 6.45) is 4.72. The lowest BCUT2D eigenvalue weighted by atomic mass is 10.3. The van der Waals surface area contributed by atoms with Gasteiger partial charge in [-0.05, 0) is 18.9 Å². The van der Waals surface area contributed by atoms with E-state index in [2.05, 4.69) is 0 Å². The van der Waals surface area contributed by atoms with Crippen molar-refractivity contribution in [3.8, 4) is 0 Å². The first kappa shape index (κ1) is 10.3. The molecule has 64 valence electrons. The summed E-state index contributed by atoms with van der Waals surface area (Å²) in [5, 5.41) is 0. The lowest BCUT2D eigenvalue weighted by molar-refractivity contribution is 0.532. The summed E-state index contributed by atoms with van der Waals surface area (Å²) in [4.78, 5) is 0. The van der Waals surface area contributed by atoms with E-state index in [1.807, 2.05) is 6.92 Å². The number of allylic oxidation sites excluding steroid dienone is 4. The zero-order valence-electron chi connectivity index (χ0n) is 7.03. The minimum atomic E-state index is -0.735. The Morgan fingerprint density at radius 3 is 2.36 bits per heavy atom. The molecule has 0 aromatic heterocycles. The van der Waals surface area contributed by atoms with Crippen molar-refractivity contribution in [2.75, 3.05) is 0 Å². The molecule has 0 saturated carbocycles. The Morgan fingerprint density at radius 2 is 1.91 bits per heavy atom. The lowest BCUT2D eigenvalue weighted by Crippen LogP contribution is -1.74. The first-order valence-corrected chi connectivity index (χ1v) is 3.93. The molecular weight excluding hydrogens is 146 g/mol. The molecule has 0 fully saturated rings. The highest BCUT2D eigenvalue weighted by Crippen LogP contribution is 2.12. The molecule has 2 heteroatoms. The molecule has 0 unspecified atom stereocenters. The minimum absolute atomic E-state index is 0.127. The van der Waals surface area contributed by atoms with Gasteiger partial charge >= 0.3 is 0 Å². The van der Waals surface area contributed by atoms with Gasteiger partial charge in [0.1, 0.15) is 5.83 Å². The molecule has 0 aliphatic rings. The molecule has 0 heterocycles. The van der Waals surface area contributed by atoms with Crippen LogP contribution in [0.25, 0.3) is 0 Å². The molecule has 0 aliphatic heterocycles. The highest BCUT2D eigenvalue weighted by Gasteiger charge is 1.97. The molecule has 0 saturated heterocycles. The van der Waals surface area contributed by atoms with Gasteiger partial charge in [-0.2, -0.15) is 0 Å². The van der Waals surface area contributed by atoms with Gasteiger partial charge in [-0.25, -0.2) is 8.78 Å². The maximum Gasteiger partial charge on any atom is 0.154 e. The smallest absolute Gasteiger partial charge is 0.154 e. The Hall–Kier alpha value is -0.660. The highest BCUT2D eigenvalue weighted by atomic mass is 19.2. The standard InChI is InChI=1S/C9H14F2/c1-3-5-6-7-9(11)8(10)4-2/h6-7H,3-5H2,1-2H3/b7-6-,9-8-. The van der Waals surface area contributed by atoms with E-state index in [0.29, 0.717) is 0 Å². The number of hydrogen-bond donors (Lipinski definition) is 0. The van der Waals surface area contributed by atoms with Gasteiger partial charge in [-0.1, -0.05) is 26.3 Å². The van der Waals surface area contributed by atoms with E-state index in [-0.39, 0.29) is 6.42 Å². The Bertz CT molecular complexity index is 157. The van der Waals surface area contributed by atoms with Crippen molar-refractivity contribution in [3.05, 3.63) is 23.8 Å². The molecule has 0 aliphatic carbocycles. The molecule has 0 aromatic carbocycles. The van der Waals surface area contributed by atoms with Gasteiger partial charge in [0.15, 0.2) is 5.83 Å². The fraction of sp³-hybridized carbons (Fsp3) is 0.556. The zero-order chi connectivity index (χ0) is 8.69. The van der Waals surface area contributed by atoms with Crippen molar-refractivity contribution < 1.29 is 8.78 Å². The topological polar surface area (TPSA) is 0 Å². The summed E-state index contributed by atoms with van der Waals surface area (Å²) in [7, 11) is 0. The Morgan fingerprint density at radius 1 is 1.27 bits per heavy atom. The van der Waals surface area contributed by atoms with Crippen LogP contribution in [0.15, 0.2) is 23.8 Å². The van der Waals surface area contributed by atoms with E-state index >= 15 is 0 Å². The molecule has 0 bridgehead atoms. The monoisotopic (exact) mass is 160 g/mol. The van der Waals surface area contributed by atoms with Crippen LogP contribution in [0.2, 0.25) is 0 Å². The summed E-state index contributed by atoms with van der Waals surface area (Å²) >= 11 is 0. The molecule has 0 spiro atoms. The average Bonchev–Trinajstić information content (AvgIpc) is 2.03. The third-order valence-electron chi connectivity index (χ3n) is 1.29. The van der Waals surface area contributed by atoms with Gasteiger partial charge in [-0.3, -0.25) is 0 Å². The Kier molecular flexibility index (Phi) is 5.71. The second-order valence-corrected chi connectivity index (χ2v) is 2.30. The van der Waals surface area contributed by atoms with Crippen LogP contribution < -0.4 is 0 Å². The van der Waals surface area contributed by atoms with E-state index in [4.69, 9.17) is 0 Å². The Labute approximate surface area is 66.6 Å². The third-order valence-corrected chi connectivity index (χ3v) is 1.29. The van der Waals surface area contributed by atoms with Crippen LogP contribution in [-0.2, 0) is 0 Å². The van der Waals surface area contributed by atoms with E-state index in [9.17, 15) is 8.78 Å². The van der Waals surface area contributed by atoms with E-state index in [1.54, 1.807) is 13.0 Å². The summed E-state index contributed by atoms with van der Waals surface area (Å²) in [5.41, 5.74) is 0. The minimum Gasteiger partial charge on any atom is -0.209 e. The van der Waals surface area contributed by atoms with Crippen LogP contribution in [0, 0.1) is 0 Å². The molecule has 0 radical (unpaired) electrons. The third kappa shape index (κ3) is 4.71. The van der Waals surface area contributed by atoms with Gasteiger partial charge in [-0.15, -0.1) is 0 Å². The van der Waals surface area contributed by atoms with Gasteiger partial charge in [0, 0.05) is 0 Å². The number of rotatable bonds is 4. The molecule has 11 heavy (non-hydrogen) atoms. The highest BCUT2D eigenvalue weighted by molar-refractivity contribution is 5.14. The predicted molar refractivity (Wildman–Crippen MR) is 43.6 cm³/mol. The van der Waals surface area contributed by atoms with Crippen molar-refractivity contribution in [1.82, 2.24) is 0 Å². The summed E-state index contributed by atoms with van der Waals surface area (Å²) in [5.74, 6) is -1.40. The van der Waals surface area contributed by atoms with Crippen LogP contribution >= 0.6 is 0 Å². The largest absolute Gasteiger partial charge is 0.209 e. The zero-order valence-corrected chi connectivity index (χ0v) is 7.03. The van der Waals surface area contributed by atoms with E-state index in [0.717, 1.165) is 12.8 Å². The van der Waals surface area contributed by atoms with Crippen molar-refractivity contribution in [2.24, 2.45) is 0 Å². The molecule has 0 nitrogen and oxygen atoms in total. The van der Waals surface area contributed by atoms with Crippen molar-refractivity contribution >= 4 is 0 Å². The number of hydrogen-bond acceptors (Lipinski definition) is 0. The molecule has 0 rings (SSSR count).